The van der Waals surface area contributed by atoms with Gasteiger partial charge in [-0.2, -0.15) is 0 Å². The van der Waals surface area contributed by atoms with E-state index in [1.54, 1.807) is 33.8 Å². The molecule has 0 fully saturated rings. The highest BCUT2D eigenvalue weighted by molar-refractivity contribution is 7.89. The fourth-order valence-electron chi connectivity index (χ4n) is 1.94. The van der Waals surface area contributed by atoms with Crippen molar-refractivity contribution in [3.8, 4) is 0 Å². The monoisotopic (exact) mass is 299 g/mol. The maximum atomic E-state index is 12.3. The number of rotatable bonds is 5. The zero-order valence-electron chi connectivity index (χ0n) is 12.2. The number of nitrogens with one attached hydrogen (secondary N) is 2. The molecule has 0 aliphatic carbocycles. The number of amides is 1. The second-order valence-corrected chi connectivity index (χ2v) is 6.34. The Morgan fingerprint density at radius 3 is 2.40 bits per heavy atom. The summed E-state index contributed by atoms with van der Waals surface area (Å²) in [7, 11) is -3.77. The Morgan fingerprint density at radius 2 is 1.85 bits per heavy atom. The van der Waals surface area contributed by atoms with E-state index in [1.807, 2.05) is 0 Å². The summed E-state index contributed by atoms with van der Waals surface area (Å²) >= 11 is 0. The molecule has 0 aliphatic rings. The van der Waals surface area contributed by atoms with Gasteiger partial charge in [0.15, 0.2) is 0 Å². The first kappa shape index (κ1) is 16.5. The molecule has 4 N–H and O–H groups in total. The number of carbonyl (C=O) groups excluding carboxylic acids is 1. The van der Waals surface area contributed by atoms with Crippen LogP contribution in [-0.4, -0.2) is 27.4 Å². The molecule has 1 aromatic carbocycles. The number of hydrogen-bond donors (Lipinski definition) is 3. The Labute approximate surface area is 119 Å². The molecule has 0 saturated carbocycles. The number of nitrogens with two attached hydrogens (primary N) is 1. The Morgan fingerprint density at radius 1 is 1.25 bits per heavy atom. The normalized spacial score (nSPS) is 11.4. The van der Waals surface area contributed by atoms with Crippen LogP contribution in [0.3, 0.4) is 0 Å². The first-order valence-corrected chi connectivity index (χ1v) is 7.81. The van der Waals surface area contributed by atoms with Crippen LogP contribution < -0.4 is 15.8 Å². The molecule has 1 rings (SSSR count). The Bertz CT molecular complexity index is 598. The van der Waals surface area contributed by atoms with Crippen LogP contribution in [0.25, 0.3) is 0 Å². The minimum atomic E-state index is -3.77. The molecule has 112 valence electrons. The van der Waals surface area contributed by atoms with Crippen molar-refractivity contribution in [2.75, 3.05) is 18.8 Å². The molecule has 0 unspecified atom stereocenters. The van der Waals surface area contributed by atoms with Gasteiger partial charge in [0.2, 0.25) is 15.9 Å². The summed E-state index contributed by atoms with van der Waals surface area (Å²) in [6.45, 7) is 7.11. The number of aryl methyl sites for hydroxylation is 1. The minimum absolute atomic E-state index is 0.152. The minimum Gasteiger partial charge on any atom is -0.398 e. The second-order valence-electron chi connectivity index (χ2n) is 4.64. The van der Waals surface area contributed by atoms with Gasteiger partial charge in [-0.25, -0.2) is 13.1 Å². The average molecular weight is 299 g/mol. The first-order chi connectivity index (χ1) is 9.20. The van der Waals surface area contributed by atoms with Crippen molar-refractivity contribution in [1.29, 1.82) is 0 Å². The van der Waals surface area contributed by atoms with Crippen molar-refractivity contribution in [2.45, 2.75) is 32.6 Å². The number of carbonyl (C=O) groups is 1. The van der Waals surface area contributed by atoms with E-state index in [9.17, 15) is 13.2 Å². The van der Waals surface area contributed by atoms with Crippen LogP contribution >= 0.6 is 0 Å². The van der Waals surface area contributed by atoms with Gasteiger partial charge in [0.05, 0.1) is 11.4 Å². The molecule has 20 heavy (non-hydrogen) atoms. The fraction of sp³-hybridized carbons (Fsp3) is 0.462. The SMILES string of the molecule is CCNC(=O)CNS(=O)(=O)c1c(C)c(C)cc(N)c1C. The van der Waals surface area contributed by atoms with Crippen molar-refractivity contribution in [3.63, 3.8) is 0 Å². The van der Waals surface area contributed by atoms with Crippen molar-refractivity contribution < 1.29 is 13.2 Å². The second kappa shape index (κ2) is 6.23. The Hall–Kier alpha value is -1.60. The lowest BCUT2D eigenvalue weighted by Gasteiger charge is -2.15. The summed E-state index contributed by atoms with van der Waals surface area (Å²) in [5, 5.41) is 2.53. The van der Waals surface area contributed by atoms with Gasteiger partial charge in [0.1, 0.15) is 0 Å². The van der Waals surface area contributed by atoms with Crippen LogP contribution in [0.1, 0.15) is 23.6 Å². The molecule has 0 heterocycles. The summed E-state index contributed by atoms with van der Waals surface area (Å²) in [6, 6.07) is 1.74. The molecule has 1 aromatic rings. The van der Waals surface area contributed by atoms with E-state index < -0.39 is 10.0 Å². The summed E-state index contributed by atoms with van der Waals surface area (Å²) in [5.74, 6) is -0.369. The van der Waals surface area contributed by atoms with Gasteiger partial charge in [0, 0.05) is 12.2 Å². The zero-order valence-corrected chi connectivity index (χ0v) is 13.0. The van der Waals surface area contributed by atoms with E-state index >= 15 is 0 Å². The molecule has 6 nitrogen and oxygen atoms in total. The Balaban J connectivity index is 3.14. The molecule has 0 aromatic heterocycles. The van der Waals surface area contributed by atoms with E-state index in [-0.39, 0.29) is 17.3 Å². The quantitative estimate of drug-likeness (QED) is 0.693. The molecular formula is C13H21N3O3S. The van der Waals surface area contributed by atoms with E-state index in [2.05, 4.69) is 10.0 Å². The molecule has 0 aliphatic heterocycles. The lowest BCUT2D eigenvalue weighted by molar-refractivity contribution is -0.119. The van der Waals surface area contributed by atoms with E-state index in [1.165, 1.54) is 0 Å². The topological polar surface area (TPSA) is 101 Å². The largest absolute Gasteiger partial charge is 0.398 e. The predicted molar refractivity (Wildman–Crippen MR) is 78.9 cm³/mol. The van der Waals surface area contributed by atoms with Gasteiger partial charge in [-0.3, -0.25) is 4.79 Å². The van der Waals surface area contributed by atoms with Gasteiger partial charge in [-0.1, -0.05) is 0 Å². The van der Waals surface area contributed by atoms with Gasteiger partial charge in [0.25, 0.3) is 0 Å². The van der Waals surface area contributed by atoms with Crippen molar-refractivity contribution in [3.05, 3.63) is 22.8 Å². The summed E-state index contributed by atoms with van der Waals surface area (Å²) in [5.41, 5.74) is 8.18. The van der Waals surface area contributed by atoms with E-state index in [0.717, 1.165) is 5.56 Å². The number of hydrogen-bond acceptors (Lipinski definition) is 4. The number of nitrogen functional groups attached to an aromatic ring is 1. The van der Waals surface area contributed by atoms with Crippen LogP contribution in [0.15, 0.2) is 11.0 Å². The van der Waals surface area contributed by atoms with Crippen molar-refractivity contribution in [2.24, 2.45) is 0 Å². The summed E-state index contributed by atoms with van der Waals surface area (Å²) < 4.78 is 27.0. The zero-order chi connectivity index (χ0) is 15.5. The van der Waals surface area contributed by atoms with Crippen LogP contribution in [-0.2, 0) is 14.8 Å². The molecule has 0 saturated heterocycles. The number of anilines is 1. The van der Waals surface area contributed by atoms with Crippen LogP contribution in [0.4, 0.5) is 5.69 Å². The van der Waals surface area contributed by atoms with Crippen LogP contribution in [0.5, 0.6) is 0 Å². The van der Waals surface area contributed by atoms with Gasteiger partial charge >= 0.3 is 0 Å². The number of sulfonamides is 1. The average Bonchev–Trinajstić information content (AvgIpc) is 2.35. The smallest absolute Gasteiger partial charge is 0.241 e. The highest BCUT2D eigenvalue weighted by Gasteiger charge is 2.22. The molecule has 0 atom stereocenters. The molecule has 0 radical (unpaired) electrons. The lowest BCUT2D eigenvalue weighted by Crippen LogP contribution is -2.37. The van der Waals surface area contributed by atoms with Gasteiger partial charge in [-0.15, -0.1) is 0 Å². The maximum Gasteiger partial charge on any atom is 0.241 e. The predicted octanol–water partition coefficient (Wildman–Crippen LogP) is 0.608. The fourth-order valence-corrected chi connectivity index (χ4v) is 3.49. The lowest BCUT2D eigenvalue weighted by atomic mass is 10.1. The van der Waals surface area contributed by atoms with E-state index in [4.69, 9.17) is 5.73 Å². The molecular weight excluding hydrogens is 278 g/mol. The van der Waals surface area contributed by atoms with Crippen LogP contribution in [0.2, 0.25) is 0 Å². The number of likely N-dealkylation sites (N-methyl/N-ethyl adjacent to an activating group) is 1. The summed E-state index contributed by atoms with van der Waals surface area (Å²) in [4.78, 5) is 11.5. The van der Waals surface area contributed by atoms with Crippen molar-refractivity contribution in [1.82, 2.24) is 10.0 Å². The highest BCUT2D eigenvalue weighted by Crippen LogP contribution is 2.27. The molecule has 0 spiro atoms. The standard InChI is InChI=1S/C13H21N3O3S/c1-5-15-12(17)7-16-20(18,19)13-9(3)8(2)6-11(14)10(13)4/h6,16H,5,7,14H2,1-4H3,(H,15,17). The highest BCUT2D eigenvalue weighted by atomic mass is 32.2. The number of benzene rings is 1. The van der Waals surface area contributed by atoms with Gasteiger partial charge < -0.3 is 11.1 Å². The molecule has 0 bridgehead atoms. The third-order valence-corrected chi connectivity index (χ3v) is 4.82. The maximum absolute atomic E-state index is 12.3. The third kappa shape index (κ3) is 3.49. The Kier molecular flexibility index (Phi) is 5.13. The molecule has 7 heteroatoms. The summed E-state index contributed by atoms with van der Waals surface area (Å²) in [6.07, 6.45) is 0. The molecule has 1 amide bonds. The van der Waals surface area contributed by atoms with Gasteiger partial charge in [-0.05, 0) is 50.5 Å². The third-order valence-electron chi connectivity index (χ3n) is 3.14. The van der Waals surface area contributed by atoms with Crippen molar-refractivity contribution >= 4 is 21.6 Å². The first-order valence-electron chi connectivity index (χ1n) is 6.33. The van der Waals surface area contributed by atoms with E-state index in [0.29, 0.717) is 23.4 Å². The van der Waals surface area contributed by atoms with Crippen LogP contribution in [0, 0.1) is 20.8 Å².